The Labute approximate surface area is 189 Å². The van der Waals surface area contributed by atoms with Crippen LogP contribution >= 0.6 is 15.9 Å². The molecule has 3 aromatic carbocycles. The molecular formula is C24H21BrN4O2. The van der Waals surface area contributed by atoms with Crippen LogP contribution in [0.4, 0.5) is 5.69 Å². The quantitative estimate of drug-likeness (QED) is 0.396. The van der Waals surface area contributed by atoms with E-state index in [0.29, 0.717) is 30.2 Å². The number of halogens is 1. The second-order valence-corrected chi connectivity index (χ2v) is 7.98. The number of hydrogen-bond acceptors (Lipinski definition) is 4. The monoisotopic (exact) mass is 476 g/mol. The minimum Gasteiger partial charge on any atom is -0.489 e. The predicted octanol–water partition coefficient (Wildman–Crippen LogP) is 5.23. The van der Waals surface area contributed by atoms with E-state index < -0.39 is 0 Å². The van der Waals surface area contributed by atoms with E-state index in [0.717, 1.165) is 21.3 Å². The number of hydrogen-bond donors (Lipinski definition) is 1. The van der Waals surface area contributed by atoms with Crippen LogP contribution in [0.25, 0.3) is 0 Å². The van der Waals surface area contributed by atoms with Gasteiger partial charge in [-0.15, -0.1) is 5.10 Å². The van der Waals surface area contributed by atoms with Gasteiger partial charge in [-0.2, -0.15) is 0 Å². The molecule has 1 N–H and O–H groups in total. The van der Waals surface area contributed by atoms with E-state index in [2.05, 4.69) is 31.6 Å². The number of carbonyl (C=O) groups is 1. The summed E-state index contributed by atoms with van der Waals surface area (Å²) in [6.07, 6.45) is 0. The highest BCUT2D eigenvalue weighted by Crippen LogP contribution is 2.18. The van der Waals surface area contributed by atoms with Gasteiger partial charge in [-0.3, -0.25) is 4.79 Å². The van der Waals surface area contributed by atoms with Gasteiger partial charge in [0.05, 0.1) is 12.2 Å². The third-order valence-electron chi connectivity index (χ3n) is 4.80. The molecule has 0 saturated carbocycles. The maximum Gasteiger partial charge on any atom is 0.278 e. The molecule has 156 valence electrons. The summed E-state index contributed by atoms with van der Waals surface area (Å²) in [6.45, 7) is 2.88. The molecule has 0 spiro atoms. The number of benzene rings is 3. The van der Waals surface area contributed by atoms with Crippen molar-refractivity contribution in [2.24, 2.45) is 0 Å². The Morgan fingerprint density at radius 2 is 1.68 bits per heavy atom. The Hall–Kier alpha value is -3.45. The lowest BCUT2D eigenvalue weighted by Crippen LogP contribution is -2.14. The molecule has 1 aromatic heterocycles. The number of aromatic nitrogens is 3. The minimum absolute atomic E-state index is 0.294. The lowest BCUT2D eigenvalue weighted by atomic mass is 10.2. The Morgan fingerprint density at radius 1 is 0.968 bits per heavy atom. The summed E-state index contributed by atoms with van der Waals surface area (Å²) >= 11 is 3.43. The first-order valence-corrected chi connectivity index (χ1v) is 10.6. The molecule has 1 heterocycles. The van der Waals surface area contributed by atoms with E-state index in [4.69, 9.17) is 4.74 Å². The molecule has 0 unspecified atom stereocenters. The van der Waals surface area contributed by atoms with Crippen LogP contribution < -0.4 is 10.1 Å². The number of ether oxygens (including phenoxy) is 1. The zero-order chi connectivity index (χ0) is 21.6. The molecule has 4 rings (SSSR count). The van der Waals surface area contributed by atoms with E-state index in [9.17, 15) is 4.79 Å². The van der Waals surface area contributed by atoms with Crippen molar-refractivity contribution in [3.8, 4) is 5.75 Å². The Balaban J connectivity index is 1.37. The summed E-state index contributed by atoms with van der Waals surface area (Å²) in [6, 6.07) is 25.2. The normalized spacial score (nSPS) is 10.6. The Morgan fingerprint density at radius 3 is 2.39 bits per heavy atom. The summed E-state index contributed by atoms with van der Waals surface area (Å²) < 4.78 is 8.52. The molecule has 0 bridgehead atoms. The number of nitrogens with one attached hydrogen (secondary N) is 1. The van der Waals surface area contributed by atoms with Crippen LogP contribution in [0.1, 0.15) is 27.3 Å². The molecule has 0 aliphatic carbocycles. The largest absolute Gasteiger partial charge is 0.489 e. The first-order valence-electron chi connectivity index (χ1n) is 9.81. The fourth-order valence-corrected chi connectivity index (χ4v) is 3.31. The third-order valence-corrected chi connectivity index (χ3v) is 5.33. The number of carbonyl (C=O) groups excluding carboxylic acids is 1. The van der Waals surface area contributed by atoms with Crippen molar-refractivity contribution in [3.05, 3.63) is 106 Å². The van der Waals surface area contributed by atoms with Crippen molar-refractivity contribution in [1.82, 2.24) is 15.0 Å². The maximum absolute atomic E-state index is 12.7. The van der Waals surface area contributed by atoms with Crippen molar-refractivity contribution in [1.29, 1.82) is 0 Å². The first-order chi connectivity index (χ1) is 15.1. The first kappa shape index (κ1) is 20.8. The number of amides is 1. The van der Waals surface area contributed by atoms with Gasteiger partial charge in [-0.05, 0) is 54.4 Å². The summed E-state index contributed by atoms with van der Waals surface area (Å²) in [5, 5.41) is 11.1. The topological polar surface area (TPSA) is 69.0 Å². The van der Waals surface area contributed by atoms with Crippen LogP contribution in [0.2, 0.25) is 0 Å². The molecule has 31 heavy (non-hydrogen) atoms. The van der Waals surface area contributed by atoms with Gasteiger partial charge in [-0.1, -0.05) is 63.6 Å². The summed E-state index contributed by atoms with van der Waals surface area (Å²) in [7, 11) is 0. The molecule has 7 heteroatoms. The maximum atomic E-state index is 12.7. The van der Waals surface area contributed by atoms with Crippen LogP contribution in [0.15, 0.2) is 83.3 Å². The molecule has 0 aliphatic heterocycles. The highest BCUT2D eigenvalue weighted by Gasteiger charge is 2.17. The molecule has 0 saturated heterocycles. The zero-order valence-corrected chi connectivity index (χ0v) is 18.5. The second-order valence-electron chi connectivity index (χ2n) is 7.06. The van der Waals surface area contributed by atoms with E-state index >= 15 is 0 Å². The average Bonchev–Trinajstić information content (AvgIpc) is 3.16. The van der Waals surface area contributed by atoms with Crippen molar-refractivity contribution >= 4 is 27.5 Å². The SMILES string of the molecule is Cc1c(C(=O)Nc2ccc(OCc3ccccc3)cc2)nnn1Cc1ccc(Br)cc1. The average molecular weight is 477 g/mol. The number of rotatable bonds is 7. The minimum atomic E-state index is -0.294. The standard InChI is InChI=1S/C24H21BrN4O2/c1-17-23(27-28-29(17)15-18-7-9-20(25)10-8-18)24(30)26-21-11-13-22(14-12-21)31-16-19-5-3-2-4-6-19/h2-14H,15-16H2,1H3,(H,26,30). The highest BCUT2D eigenvalue weighted by molar-refractivity contribution is 9.10. The molecule has 4 aromatic rings. The van der Waals surface area contributed by atoms with Crippen molar-refractivity contribution in [3.63, 3.8) is 0 Å². The van der Waals surface area contributed by atoms with Crippen LogP contribution in [0, 0.1) is 6.92 Å². The lowest BCUT2D eigenvalue weighted by molar-refractivity contribution is 0.102. The second kappa shape index (κ2) is 9.57. The molecular weight excluding hydrogens is 456 g/mol. The van der Waals surface area contributed by atoms with Crippen molar-refractivity contribution in [2.45, 2.75) is 20.1 Å². The van der Waals surface area contributed by atoms with Gasteiger partial charge in [0.1, 0.15) is 12.4 Å². The van der Waals surface area contributed by atoms with Gasteiger partial charge >= 0.3 is 0 Å². The van der Waals surface area contributed by atoms with Crippen molar-refractivity contribution < 1.29 is 9.53 Å². The molecule has 0 radical (unpaired) electrons. The van der Waals surface area contributed by atoms with Gasteiger partial charge in [-0.25, -0.2) is 4.68 Å². The van der Waals surface area contributed by atoms with Gasteiger partial charge in [0.15, 0.2) is 5.69 Å². The zero-order valence-electron chi connectivity index (χ0n) is 17.0. The lowest BCUT2D eigenvalue weighted by Gasteiger charge is -2.08. The predicted molar refractivity (Wildman–Crippen MR) is 123 cm³/mol. The van der Waals surface area contributed by atoms with E-state index in [-0.39, 0.29) is 5.91 Å². The molecule has 0 aliphatic rings. The van der Waals surface area contributed by atoms with Gasteiger partial charge in [0, 0.05) is 10.2 Å². The fourth-order valence-electron chi connectivity index (χ4n) is 3.05. The molecule has 1 amide bonds. The smallest absolute Gasteiger partial charge is 0.278 e. The van der Waals surface area contributed by atoms with E-state index in [1.54, 1.807) is 16.8 Å². The molecule has 6 nitrogen and oxygen atoms in total. The summed E-state index contributed by atoms with van der Waals surface area (Å²) in [5.74, 6) is 0.441. The van der Waals surface area contributed by atoms with Gasteiger partial charge in [0.25, 0.3) is 5.91 Å². The third kappa shape index (κ3) is 5.38. The van der Waals surface area contributed by atoms with E-state index in [1.165, 1.54) is 0 Å². The van der Waals surface area contributed by atoms with Crippen molar-refractivity contribution in [2.75, 3.05) is 5.32 Å². The van der Waals surface area contributed by atoms with Gasteiger partial charge in [0.2, 0.25) is 0 Å². The summed E-state index contributed by atoms with van der Waals surface area (Å²) in [4.78, 5) is 12.7. The highest BCUT2D eigenvalue weighted by atomic mass is 79.9. The van der Waals surface area contributed by atoms with Crippen LogP contribution in [0.3, 0.4) is 0 Å². The Kier molecular flexibility index (Phi) is 6.43. The van der Waals surface area contributed by atoms with E-state index in [1.807, 2.05) is 73.7 Å². The number of nitrogens with zero attached hydrogens (tertiary/aromatic N) is 3. The summed E-state index contributed by atoms with van der Waals surface area (Å²) in [5.41, 5.74) is 3.86. The molecule has 0 fully saturated rings. The fraction of sp³-hybridized carbons (Fsp3) is 0.125. The van der Waals surface area contributed by atoms with Gasteiger partial charge < -0.3 is 10.1 Å². The Bertz CT molecular complexity index is 1160. The number of anilines is 1. The van der Waals surface area contributed by atoms with Crippen LogP contribution in [0.5, 0.6) is 5.75 Å². The van der Waals surface area contributed by atoms with Crippen LogP contribution in [-0.2, 0) is 13.2 Å². The molecule has 0 atom stereocenters. The van der Waals surface area contributed by atoms with Crippen LogP contribution in [-0.4, -0.2) is 20.9 Å².